The summed E-state index contributed by atoms with van der Waals surface area (Å²) >= 11 is 0. The Kier molecular flexibility index (Phi) is 5.99. The minimum Gasteiger partial charge on any atom is -0.461 e. The number of esters is 2. The van der Waals surface area contributed by atoms with Gasteiger partial charge in [0, 0.05) is 0 Å². The second-order valence-electron chi connectivity index (χ2n) is 6.60. The molecular weight excluding hydrogens is 268 g/mol. The minimum absolute atomic E-state index is 0.117. The molecule has 0 radical (unpaired) electrons. The van der Waals surface area contributed by atoms with Crippen molar-refractivity contribution in [3.63, 3.8) is 0 Å². The third-order valence-corrected chi connectivity index (χ3v) is 4.18. The molecule has 21 heavy (non-hydrogen) atoms. The highest BCUT2D eigenvalue weighted by Crippen LogP contribution is 2.27. The molecule has 0 aromatic heterocycles. The molecule has 0 amide bonds. The third-order valence-electron chi connectivity index (χ3n) is 4.18. The number of allylic oxidation sites excluding steroid dienone is 1. The molecule has 4 heteroatoms. The van der Waals surface area contributed by atoms with Gasteiger partial charge in [0.05, 0.1) is 11.8 Å². The quantitative estimate of drug-likeness (QED) is 0.530. The van der Waals surface area contributed by atoms with Gasteiger partial charge in [0.15, 0.2) is 0 Å². The predicted molar refractivity (Wildman–Crippen MR) is 81.7 cm³/mol. The zero-order valence-electron chi connectivity index (χ0n) is 13.9. The molecule has 1 rings (SSSR count). The summed E-state index contributed by atoms with van der Waals surface area (Å²) in [5.41, 5.74) is -1.01. The van der Waals surface area contributed by atoms with E-state index in [1.807, 2.05) is 46.8 Å². The normalized spacial score (nSPS) is 22.9. The van der Waals surface area contributed by atoms with E-state index in [4.69, 9.17) is 9.47 Å². The van der Waals surface area contributed by atoms with E-state index in [0.29, 0.717) is 12.8 Å². The Labute approximate surface area is 127 Å². The molecule has 0 fully saturated rings. The highest BCUT2D eigenvalue weighted by Gasteiger charge is 2.32. The van der Waals surface area contributed by atoms with Crippen LogP contribution < -0.4 is 0 Å². The van der Waals surface area contributed by atoms with Crippen LogP contribution >= 0.6 is 0 Å². The largest absolute Gasteiger partial charge is 0.461 e. The van der Waals surface area contributed by atoms with Gasteiger partial charge in [0.25, 0.3) is 0 Å². The molecule has 4 nitrogen and oxygen atoms in total. The van der Waals surface area contributed by atoms with Crippen molar-refractivity contribution < 1.29 is 19.1 Å². The van der Waals surface area contributed by atoms with Crippen LogP contribution in [0.4, 0.5) is 0 Å². The average molecular weight is 296 g/mol. The van der Waals surface area contributed by atoms with Crippen LogP contribution in [-0.2, 0) is 19.1 Å². The van der Waals surface area contributed by atoms with Gasteiger partial charge >= 0.3 is 11.9 Å². The highest BCUT2D eigenvalue weighted by molar-refractivity contribution is 5.77. The standard InChI is InChI=1S/C17H28O4/c1-6-13(20-15(19)16(3,4)7-2)12-14(18)21-17(5)10-8-9-11-17/h8,10,13H,6-7,9,11-12H2,1-5H3. The number of hydrogen-bond acceptors (Lipinski definition) is 4. The van der Waals surface area contributed by atoms with Crippen molar-refractivity contribution in [2.45, 2.75) is 78.4 Å². The zero-order valence-corrected chi connectivity index (χ0v) is 13.9. The lowest BCUT2D eigenvalue weighted by Crippen LogP contribution is -2.33. The smallest absolute Gasteiger partial charge is 0.311 e. The van der Waals surface area contributed by atoms with E-state index in [2.05, 4.69) is 0 Å². The number of rotatable bonds is 7. The summed E-state index contributed by atoms with van der Waals surface area (Å²) in [6, 6.07) is 0. The van der Waals surface area contributed by atoms with Gasteiger partial charge in [-0.3, -0.25) is 9.59 Å². The molecule has 0 aromatic carbocycles. The van der Waals surface area contributed by atoms with Gasteiger partial charge in [0.1, 0.15) is 11.7 Å². The molecule has 0 bridgehead atoms. The van der Waals surface area contributed by atoms with Gasteiger partial charge in [0.2, 0.25) is 0 Å². The lowest BCUT2D eigenvalue weighted by atomic mass is 9.90. The topological polar surface area (TPSA) is 52.6 Å². The zero-order chi connectivity index (χ0) is 16.1. The lowest BCUT2D eigenvalue weighted by molar-refractivity contribution is -0.166. The van der Waals surface area contributed by atoms with E-state index in [-0.39, 0.29) is 18.4 Å². The van der Waals surface area contributed by atoms with Crippen LogP contribution in [0.5, 0.6) is 0 Å². The Morgan fingerprint density at radius 3 is 2.48 bits per heavy atom. The monoisotopic (exact) mass is 296 g/mol. The fourth-order valence-electron chi connectivity index (χ4n) is 2.08. The van der Waals surface area contributed by atoms with E-state index in [9.17, 15) is 9.59 Å². The van der Waals surface area contributed by atoms with Crippen molar-refractivity contribution in [2.75, 3.05) is 0 Å². The summed E-state index contributed by atoms with van der Waals surface area (Å²) in [4.78, 5) is 24.1. The molecule has 1 aliphatic rings. The molecule has 1 aliphatic carbocycles. The predicted octanol–water partition coefficient (Wildman–Crippen LogP) is 3.79. The number of carbonyl (C=O) groups excluding carboxylic acids is 2. The summed E-state index contributed by atoms with van der Waals surface area (Å²) < 4.78 is 11.0. The Bertz CT molecular complexity index is 411. The molecule has 120 valence electrons. The summed E-state index contributed by atoms with van der Waals surface area (Å²) in [6.07, 6.45) is 6.71. The highest BCUT2D eigenvalue weighted by atomic mass is 16.6. The maximum absolute atomic E-state index is 12.1. The van der Waals surface area contributed by atoms with Gasteiger partial charge in [-0.2, -0.15) is 0 Å². The van der Waals surface area contributed by atoms with Gasteiger partial charge in [-0.15, -0.1) is 0 Å². The molecule has 0 aliphatic heterocycles. The van der Waals surface area contributed by atoms with Gasteiger partial charge in [-0.05, 0) is 52.5 Å². The molecule has 0 saturated carbocycles. The lowest BCUT2D eigenvalue weighted by Gasteiger charge is -2.26. The summed E-state index contributed by atoms with van der Waals surface area (Å²) in [6.45, 7) is 9.46. The van der Waals surface area contributed by atoms with Gasteiger partial charge in [-0.1, -0.05) is 19.9 Å². The van der Waals surface area contributed by atoms with Crippen LogP contribution in [0.25, 0.3) is 0 Å². The Morgan fingerprint density at radius 2 is 2.00 bits per heavy atom. The molecule has 0 saturated heterocycles. The van der Waals surface area contributed by atoms with E-state index in [1.165, 1.54) is 0 Å². The fraction of sp³-hybridized carbons (Fsp3) is 0.765. The summed E-state index contributed by atoms with van der Waals surface area (Å²) in [7, 11) is 0. The fourth-order valence-corrected chi connectivity index (χ4v) is 2.08. The molecule has 0 aromatic rings. The minimum atomic E-state index is -0.516. The first kappa shape index (κ1) is 17.7. The number of hydrogen-bond donors (Lipinski definition) is 0. The molecule has 2 unspecified atom stereocenters. The van der Waals surface area contributed by atoms with Crippen LogP contribution in [0.1, 0.15) is 66.7 Å². The first-order valence-corrected chi connectivity index (χ1v) is 7.83. The SMILES string of the molecule is CCC(CC(=O)OC1(C)C=CCC1)OC(=O)C(C)(C)CC. The average Bonchev–Trinajstić information content (AvgIpc) is 2.83. The Balaban J connectivity index is 2.52. The van der Waals surface area contributed by atoms with Crippen molar-refractivity contribution in [1.82, 2.24) is 0 Å². The van der Waals surface area contributed by atoms with Crippen molar-refractivity contribution >= 4 is 11.9 Å². The van der Waals surface area contributed by atoms with E-state index in [0.717, 1.165) is 12.8 Å². The van der Waals surface area contributed by atoms with Gasteiger partial charge in [-0.25, -0.2) is 0 Å². The summed E-state index contributed by atoms with van der Waals surface area (Å²) in [5.74, 6) is -0.561. The number of carbonyl (C=O) groups is 2. The maximum atomic E-state index is 12.1. The maximum Gasteiger partial charge on any atom is 0.311 e. The van der Waals surface area contributed by atoms with Crippen LogP contribution in [0.2, 0.25) is 0 Å². The van der Waals surface area contributed by atoms with Crippen molar-refractivity contribution in [1.29, 1.82) is 0 Å². The van der Waals surface area contributed by atoms with E-state index >= 15 is 0 Å². The van der Waals surface area contributed by atoms with Crippen molar-refractivity contribution in [3.05, 3.63) is 12.2 Å². The van der Waals surface area contributed by atoms with Crippen LogP contribution in [-0.4, -0.2) is 23.6 Å². The van der Waals surface area contributed by atoms with Crippen LogP contribution in [0.15, 0.2) is 12.2 Å². The summed E-state index contributed by atoms with van der Waals surface area (Å²) in [5, 5.41) is 0. The number of ether oxygens (including phenoxy) is 2. The van der Waals surface area contributed by atoms with Crippen LogP contribution in [0, 0.1) is 5.41 Å². The second-order valence-corrected chi connectivity index (χ2v) is 6.60. The molecule has 0 N–H and O–H groups in total. The van der Waals surface area contributed by atoms with Crippen molar-refractivity contribution in [2.24, 2.45) is 5.41 Å². The molecule has 0 heterocycles. The first-order valence-electron chi connectivity index (χ1n) is 7.83. The van der Waals surface area contributed by atoms with Crippen LogP contribution in [0.3, 0.4) is 0 Å². The van der Waals surface area contributed by atoms with Gasteiger partial charge < -0.3 is 9.47 Å². The first-order chi connectivity index (χ1) is 9.72. The molecular formula is C17H28O4. The second kappa shape index (κ2) is 7.10. The molecule has 2 atom stereocenters. The third kappa shape index (κ3) is 5.18. The Hall–Kier alpha value is -1.32. The molecule has 0 spiro atoms. The van der Waals surface area contributed by atoms with E-state index in [1.54, 1.807) is 0 Å². The van der Waals surface area contributed by atoms with Crippen molar-refractivity contribution in [3.8, 4) is 0 Å². The Morgan fingerprint density at radius 1 is 1.33 bits per heavy atom. The van der Waals surface area contributed by atoms with E-state index < -0.39 is 17.1 Å².